The van der Waals surface area contributed by atoms with E-state index in [0.717, 1.165) is 18.2 Å². The second-order valence-corrected chi connectivity index (χ2v) is 7.68. The predicted octanol–water partition coefficient (Wildman–Crippen LogP) is 6.60. The molecule has 0 N–H and O–H groups in total. The molecule has 0 saturated carbocycles. The van der Waals surface area contributed by atoms with Crippen molar-refractivity contribution in [1.29, 1.82) is 5.26 Å². The first-order valence-corrected chi connectivity index (χ1v) is 9.41. The average Bonchev–Trinajstić information content (AvgIpc) is 2.70. The van der Waals surface area contributed by atoms with Crippen molar-refractivity contribution in [3.05, 3.63) is 79.4 Å². The lowest BCUT2D eigenvalue weighted by Gasteiger charge is -2.33. The van der Waals surface area contributed by atoms with Crippen LogP contribution in [0.15, 0.2) is 36.4 Å². The fourth-order valence-electron chi connectivity index (χ4n) is 3.21. The van der Waals surface area contributed by atoms with Gasteiger partial charge in [0, 0.05) is 16.9 Å². The molecule has 1 atom stereocenters. The summed E-state index contributed by atoms with van der Waals surface area (Å²) < 4.78 is 122. The highest BCUT2D eigenvalue weighted by Crippen LogP contribution is 2.48. The third-order valence-corrected chi connectivity index (χ3v) is 5.28. The Kier molecular flexibility index (Phi) is 7.47. The first-order chi connectivity index (χ1) is 15.8. The van der Waals surface area contributed by atoms with E-state index >= 15 is 0 Å². The van der Waals surface area contributed by atoms with Crippen LogP contribution in [0.4, 0.5) is 39.5 Å². The van der Waals surface area contributed by atoms with Gasteiger partial charge in [0.05, 0.1) is 21.7 Å². The van der Waals surface area contributed by atoms with Gasteiger partial charge in [0.25, 0.3) is 0 Å². The number of Topliss-reactive ketones (excluding diaryl/α,β-unsaturated/α-hetero) is 1. The Hall–Kier alpha value is -3.34. The zero-order chi connectivity index (χ0) is 27.0. The van der Waals surface area contributed by atoms with Crippen molar-refractivity contribution in [2.75, 3.05) is 6.54 Å². The molecule has 1 unspecified atom stereocenters. The molecule has 0 bridgehead atoms. The average molecular weight is 533 g/mol. The van der Waals surface area contributed by atoms with Gasteiger partial charge in [-0.3, -0.25) is 14.9 Å². The number of nitrogens with zero attached hydrogens (tertiary/aromatic N) is 2. The van der Waals surface area contributed by atoms with E-state index in [1.165, 1.54) is 6.07 Å². The summed E-state index contributed by atoms with van der Waals surface area (Å²) in [7, 11) is 0. The van der Waals surface area contributed by atoms with Gasteiger partial charge in [0.2, 0.25) is 6.54 Å². The normalized spacial score (nSPS) is 14.2. The summed E-state index contributed by atoms with van der Waals surface area (Å²) in [5.74, 6) is -1.54. The number of carbonyl (C=O) groups excluding carboxylic acids is 1. The van der Waals surface area contributed by atoms with Gasteiger partial charge in [-0.2, -0.15) is 44.8 Å². The molecule has 2 aromatic rings. The first kappa shape index (κ1) is 27.9. The number of nitro groups is 1. The van der Waals surface area contributed by atoms with Crippen LogP contribution < -0.4 is 0 Å². The minimum absolute atomic E-state index is 0.205. The molecule has 0 aromatic heterocycles. The van der Waals surface area contributed by atoms with Crippen LogP contribution in [-0.4, -0.2) is 23.4 Å². The summed E-state index contributed by atoms with van der Waals surface area (Å²) in [5, 5.41) is 19.9. The molecule has 0 spiro atoms. The van der Waals surface area contributed by atoms with E-state index in [0.29, 0.717) is 0 Å². The van der Waals surface area contributed by atoms with Gasteiger partial charge in [-0.25, -0.2) is 0 Å². The quantitative estimate of drug-likeness (QED) is 0.182. The fourth-order valence-corrected chi connectivity index (χ4v) is 3.37. The Labute approximate surface area is 194 Å². The summed E-state index contributed by atoms with van der Waals surface area (Å²) >= 11 is 5.68. The molecule has 0 radical (unpaired) electrons. The number of nitriles is 1. The van der Waals surface area contributed by atoms with Gasteiger partial charge in [-0.05, 0) is 42.0 Å². The van der Waals surface area contributed by atoms with E-state index in [-0.39, 0.29) is 22.7 Å². The highest BCUT2D eigenvalue weighted by Gasteiger charge is 2.61. The van der Waals surface area contributed by atoms with Gasteiger partial charge < -0.3 is 0 Å². The summed E-state index contributed by atoms with van der Waals surface area (Å²) in [5.41, 5.74) is -11.1. The van der Waals surface area contributed by atoms with Crippen LogP contribution in [0, 0.1) is 21.4 Å². The molecule has 2 aromatic carbocycles. The van der Waals surface area contributed by atoms with E-state index in [9.17, 15) is 54.4 Å². The standard InChI is InChI=1S/C20H10ClF9N2O3/c21-15-2-1-10(3-11(15)8-31)16(33)7-17(9-32(34)35,20(28,29)30)12-4-13(18(22,23)24)6-14(5-12)19(25,26)27/h1-6H,7,9H2. The molecule has 0 aliphatic carbocycles. The lowest BCUT2D eigenvalue weighted by molar-refractivity contribution is -0.501. The molecular weight excluding hydrogens is 523 g/mol. The van der Waals surface area contributed by atoms with Gasteiger partial charge in [-0.15, -0.1) is 0 Å². The van der Waals surface area contributed by atoms with Crippen LogP contribution in [0.2, 0.25) is 5.02 Å². The molecule has 0 heterocycles. The monoisotopic (exact) mass is 532 g/mol. The Morgan fingerprint density at radius 3 is 1.80 bits per heavy atom. The van der Waals surface area contributed by atoms with E-state index < -0.39 is 75.9 Å². The highest BCUT2D eigenvalue weighted by molar-refractivity contribution is 6.31. The second-order valence-electron chi connectivity index (χ2n) is 7.27. The number of rotatable bonds is 6. The van der Waals surface area contributed by atoms with Gasteiger partial charge in [-0.1, -0.05) is 11.6 Å². The molecule has 2 rings (SSSR count). The number of ketones is 1. The van der Waals surface area contributed by atoms with Crippen molar-refractivity contribution >= 4 is 17.4 Å². The van der Waals surface area contributed by atoms with Crippen LogP contribution >= 0.6 is 11.6 Å². The third-order valence-electron chi connectivity index (χ3n) is 4.95. The van der Waals surface area contributed by atoms with Crippen molar-refractivity contribution < 1.29 is 49.2 Å². The van der Waals surface area contributed by atoms with Crippen LogP contribution in [0.25, 0.3) is 0 Å². The largest absolute Gasteiger partial charge is 0.416 e. The molecule has 0 amide bonds. The zero-order valence-electron chi connectivity index (χ0n) is 16.8. The Balaban J connectivity index is 2.85. The summed E-state index contributed by atoms with van der Waals surface area (Å²) in [6, 6.07) is 3.02. The number of benzene rings is 2. The Morgan fingerprint density at radius 2 is 1.40 bits per heavy atom. The van der Waals surface area contributed by atoms with Gasteiger partial charge >= 0.3 is 18.5 Å². The van der Waals surface area contributed by atoms with Crippen LogP contribution in [-0.2, 0) is 17.8 Å². The lowest BCUT2D eigenvalue weighted by Crippen LogP contribution is -2.49. The third kappa shape index (κ3) is 6.02. The molecule has 15 heteroatoms. The van der Waals surface area contributed by atoms with Crippen molar-refractivity contribution in [2.45, 2.75) is 30.4 Å². The molecule has 0 aliphatic heterocycles. The van der Waals surface area contributed by atoms with Crippen molar-refractivity contribution in [3.8, 4) is 6.07 Å². The SMILES string of the molecule is N#Cc1cc(C(=O)CC(C[N+](=O)[O-])(c2cc(C(F)(F)F)cc(C(F)(F)F)c2)C(F)(F)F)ccc1Cl. The summed E-state index contributed by atoms with van der Waals surface area (Å²) in [6.07, 6.45) is -18.9. The number of alkyl halides is 9. The van der Waals surface area contributed by atoms with E-state index in [1.807, 2.05) is 0 Å². The molecule has 5 nitrogen and oxygen atoms in total. The Bertz CT molecular complexity index is 1170. The second kappa shape index (κ2) is 9.37. The maximum Gasteiger partial charge on any atom is 0.416 e. The molecule has 35 heavy (non-hydrogen) atoms. The Morgan fingerprint density at radius 1 is 0.914 bits per heavy atom. The zero-order valence-corrected chi connectivity index (χ0v) is 17.5. The fraction of sp³-hybridized carbons (Fsp3) is 0.300. The highest BCUT2D eigenvalue weighted by atomic mass is 35.5. The van der Waals surface area contributed by atoms with Crippen LogP contribution in [0.5, 0.6) is 0 Å². The number of hydrogen-bond acceptors (Lipinski definition) is 4. The minimum atomic E-state index is -5.85. The van der Waals surface area contributed by atoms with Crippen molar-refractivity contribution in [2.24, 2.45) is 0 Å². The maximum absolute atomic E-state index is 14.3. The topological polar surface area (TPSA) is 84.0 Å². The van der Waals surface area contributed by atoms with Crippen molar-refractivity contribution in [1.82, 2.24) is 0 Å². The van der Waals surface area contributed by atoms with Crippen LogP contribution in [0.3, 0.4) is 0 Å². The van der Waals surface area contributed by atoms with E-state index in [1.54, 1.807) is 0 Å². The molecule has 0 saturated heterocycles. The van der Waals surface area contributed by atoms with E-state index in [4.69, 9.17) is 16.9 Å². The van der Waals surface area contributed by atoms with E-state index in [2.05, 4.69) is 0 Å². The predicted molar refractivity (Wildman–Crippen MR) is 101 cm³/mol. The molecule has 0 fully saturated rings. The minimum Gasteiger partial charge on any atom is -0.294 e. The first-order valence-electron chi connectivity index (χ1n) is 9.03. The summed E-state index contributed by atoms with van der Waals surface area (Å²) in [4.78, 5) is 22.2. The molecular formula is C20H10ClF9N2O3. The van der Waals surface area contributed by atoms with Crippen LogP contribution in [0.1, 0.15) is 39.0 Å². The number of hydrogen-bond donors (Lipinski definition) is 0. The van der Waals surface area contributed by atoms with Crippen molar-refractivity contribution in [3.63, 3.8) is 0 Å². The van der Waals surface area contributed by atoms with Gasteiger partial charge in [0.1, 0.15) is 6.07 Å². The number of carbonyl (C=O) groups is 1. The maximum atomic E-state index is 14.3. The lowest BCUT2D eigenvalue weighted by atomic mass is 9.73. The summed E-state index contributed by atoms with van der Waals surface area (Å²) in [6.45, 7) is -2.25. The number of halogens is 10. The molecule has 0 aliphatic rings. The van der Waals surface area contributed by atoms with Gasteiger partial charge in [0.15, 0.2) is 11.2 Å². The molecule has 188 valence electrons. The smallest absolute Gasteiger partial charge is 0.294 e.